The number of methoxy groups -OCH3 is 1. The summed E-state index contributed by atoms with van der Waals surface area (Å²) in [6.07, 6.45) is -1.63. The van der Waals surface area contributed by atoms with E-state index >= 15 is 0 Å². The third kappa shape index (κ3) is 5.42. The molecule has 0 unspecified atom stereocenters. The van der Waals surface area contributed by atoms with Crippen molar-refractivity contribution in [3.8, 4) is 5.75 Å². The molecule has 0 spiro atoms. The summed E-state index contributed by atoms with van der Waals surface area (Å²) in [5.74, 6) is -0.777. The summed E-state index contributed by atoms with van der Waals surface area (Å²) in [5.41, 5.74) is 3.09. The molecule has 1 aliphatic heterocycles. The van der Waals surface area contributed by atoms with Crippen LogP contribution in [0.3, 0.4) is 0 Å². The SMILES string of the molecule is COc1c(C)c2c(c(C)c1C/C=C(\C)CCC(=O)O[C@@H]1C[C@](O)(C(C)=O)C[C@@H](O)[C@H]1O)C(=O)OC2. The second kappa shape index (κ2) is 10.5. The van der Waals surface area contributed by atoms with Gasteiger partial charge in [0, 0.05) is 30.4 Å². The Kier molecular flexibility index (Phi) is 8.03. The number of hydrogen-bond acceptors (Lipinski definition) is 9. The van der Waals surface area contributed by atoms with Gasteiger partial charge in [-0.15, -0.1) is 0 Å². The van der Waals surface area contributed by atoms with Crippen LogP contribution in [-0.4, -0.2) is 64.1 Å². The molecular formula is C26H34O9. The minimum absolute atomic E-state index is 0.0196. The van der Waals surface area contributed by atoms with E-state index < -0.39 is 35.7 Å². The van der Waals surface area contributed by atoms with Crippen LogP contribution in [0.5, 0.6) is 5.75 Å². The normalized spacial score (nSPS) is 26.2. The van der Waals surface area contributed by atoms with E-state index in [1.807, 2.05) is 26.8 Å². The van der Waals surface area contributed by atoms with E-state index in [0.717, 1.165) is 27.8 Å². The zero-order valence-electron chi connectivity index (χ0n) is 20.8. The number of benzene rings is 1. The maximum absolute atomic E-state index is 12.4. The van der Waals surface area contributed by atoms with E-state index in [9.17, 15) is 29.7 Å². The number of ketones is 1. The van der Waals surface area contributed by atoms with E-state index in [1.165, 1.54) is 6.92 Å². The maximum Gasteiger partial charge on any atom is 0.339 e. The summed E-state index contributed by atoms with van der Waals surface area (Å²) in [6, 6.07) is 0. The van der Waals surface area contributed by atoms with Crippen LogP contribution in [0, 0.1) is 13.8 Å². The predicted octanol–water partition coefficient (Wildman–Crippen LogP) is 2.00. The Morgan fingerprint density at radius 3 is 2.46 bits per heavy atom. The smallest absolute Gasteiger partial charge is 0.339 e. The number of allylic oxidation sites excluding steroid dienone is 2. The number of carbonyl (C=O) groups is 3. The average Bonchev–Trinajstić information content (AvgIpc) is 3.19. The molecule has 0 amide bonds. The highest BCUT2D eigenvalue weighted by atomic mass is 16.6. The van der Waals surface area contributed by atoms with E-state index in [1.54, 1.807) is 7.11 Å². The van der Waals surface area contributed by atoms with E-state index in [-0.39, 0.29) is 31.8 Å². The van der Waals surface area contributed by atoms with Crippen molar-refractivity contribution in [2.45, 2.75) is 90.3 Å². The number of aliphatic hydroxyl groups is 3. The van der Waals surface area contributed by atoms with Gasteiger partial charge in [-0.25, -0.2) is 4.79 Å². The van der Waals surface area contributed by atoms with Gasteiger partial charge in [-0.05, 0) is 51.7 Å². The van der Waals surface area contributed by atoms with Crippen molar-refractivity contribution in [3.05, 3.63) is 39.5 Å². The Bertz CT molecular complexity index is 1060. The number of carbonyl (C=O) groups excluding carboxylic acids is 3. The van der Waals surface area contributed by atoms with E-state index in [2.05, 4.69) is 0 Å². The first-order valence-corrected chi connectivity index (χ1v) is 11.7. The Labute approximate surface area is 204 Å². The van der Waals surface area contributed by atoms with Crippen molar-refractivity contribution in [1.82, 2.24) is 0 Å². The molecule has 35 heavy (non-hydrogen) atoms. The monoisotopic (exact) mass is 490 g/mol. The number of rotatable bonds is 8. The number of ether oxygens (including phenoxy) is 3. The van der Waals surface area contributed by atoms with Crippen molar-refractivity contribution < 1.29 is 43.9 Å². The van der Waals surface area contributed by atoms with Gasteiger partial charge < -0.3 is 29.5 Å². The van der Waals surface area contributed by atoms with Gasteiger partial charge in [0.25, 0.3) is 0 Å². The van der Waals surface area contributed by atoms with Crippen LogP contribution in [0.25, 0.3) is 0 Å². The molecule has 0 radical (unpaired) electrons. The van der Waals surface area contributed by atoms with Gasteiger partial charge in [0.2, 0.25) is 0 Å². The summed E-state index contributed by atoms with van der Waals surface area (Å²) in [7, 11) is 1.59. The molecule has 2 aliphatic rings. The number of aliphatic hydroxyl groups excluding tert-OH is 2. The van der Waals surface area contributed by atoms with Crippen molar-refractivity contribution in [2.75, 3.05) is 7.11 Å². The Hall–Kier alpha value is -2.75. The van der Waals surface area contributed by atoms with Crippen LogP contribution < -0.4 is 4.74 Å². The lowest BCUT2D eigenvalue weighted by atomic mass is 9.77. The highest BCUT2D eigenvalue weighted by Crippen LogP contribution is 2.38. The standard InChI is InChI=1S/C26H34O9/c1-13(6-8-17-14(2)22-18(12-34-25(22)31)15(3)24(17)33-5)7-9-21(29)35-20-11-26(32,16(4)27)10-19(28)23(20)30/h6,19-20,23,28,30,32H,7-12H2,1-5H3/b13-6+/t19-,20-,23-,26+/m1/s1. The fraction of sp³-hybridized carbons (Fsp3) is 0.577. The summed E-state index contributed by atoms with van der Waals surface area (Å²) < 4.78 is 16.1. The predicted molar refractivity (Wildman–Crippen MR) is 125 cm³/mol. The highest BCUT2D eigenvalue weighted by molar-refractivity contribution is 5.96. The van der Waals surface area contributed by atoms with Gasteiger partial charge in [-0.1, -0.05) is 11.6 Å². The Morgan fingerprint density at radius 2 is 1.83 bits per heavy atom. The second-order valence-electron chi connectivity index (χ2n) is 9.53. The molecule has 3 rings (SSSR count). The summed E-state index contributed by atoms with van der Waals surface area (Å²) in [4.78, 5) is 36.4. The van der Waals surface area contributed by atoms with Crippen LogP contribution in [0.1, 0.15) is 72.1 Å². The first-order valence-electron chi connectivity index (χ1n) is 11.7. The Morgan fingerprint density at radius 1 is 1.14 bits per heavy atom. The molecule has 1 fully saturated rings. The molecule has 4 atom stereocenters. The molecule has 0 saturated heterocycles. The fourth-order valence-electron chi connectivity index (χ4n) is 4.84. The lowest BCUT2D eigenvalue weighted by Crippen LogP contribution is -2.56. The maximum atomic E-state index is 12.4. The van der Waals surface area contributed by atoms with Crippen LogP contribution in [-0.2, 0) is 32.1 Å². The molecule has 9 heteroatoms. The molecule has 9 nitrogen and oxygen atoms in total. The van der Waals surface area contributed by atoms with Crippen LogP contribution in [0.15, 0.2) is 11.6 Å². The summed E-state index contributed by atoms with van der Waals surface area (Å²) >= 11 is 0. The molecule has 0 bridgehead atoms. The average molecular weight is 491 g/mol. The number of cyclic esters (lactones) is 1. The first-order chi connectivity index (χ1) is 16.4. The van der Waals surface area contributed by atoms with Gasteiger partial charge in [0.05, 0.1) is 18.8 Å². The van der Waals surface area contributed by atoms with E-state index in [0.29, 0.717) is 24.2 Å². The van der Waals surface area contributed by atoms with Crippen molar-refractivity contribution >= 4 is 17.7 Å². The van der Waals surface area contributed by atoms with Gasteiger partial charge in [0.15, 0.2) is 5.78 Å². The largest absolute Gasteiger partial charge is 0.496 e. The molecule has 1 heterocycles. The number of esters is 2. The third-order valence-electron chi connectivity index (χ3n) is 7.13. The molecule has 1 saturated carbocycles. The lowest BCUT2D eigenvalue weighted by molar-refractivity contribution is -0.188. The topological polar surface area (TPSA) is 140 Å². The number of hydrogen-bond donors (Lipinski definition) is 3. The number of fused-ring (bicyclic) bond motifs is 1. The first kappa shape index (κ1) is 26.8. The third-order valence-corrected chi connectivity index (χ3v) is 7.13. The van der Waals surface area contributed by atoms with Crippen LogP contribution >= 0.6 is 0 Å². The van der Waals surface area contributed by atoms with Gasteiger partial charge >= 0.3 is 11.9 Å². The van der Waals surface area contributed by atoms with Crippen molar-refractivity contribution in [3.63, 3.8) is 0 Å². The van der Waals surface area contributed by atoms with Crippen molar-refractivity contribution in [2.24, 2.45) is 0 Å². The lowest BCUT2D eigenvalue weighted by Gasteiger charge is -2.40. The summed E-state index contributed by atoms with van der Waals surface area (Å²) in [6.45, 7) is 7.08. The molecular weight excluding hydrogens is 456 g/mol. The minimum atomic E-state index is -1.84. The Balaban J connectivity index is 1.64. The zero-order chi connectivity index (χ0) is 26.1. The second-order valence-corrected chi connectivity index (χ2v) is 9.53. The van der Waals surface area contributed by atoms with E-state index in [4.69, 9.17) is 14.2 Å². The molecule has 3 N–H and O–H groups in total. The summed E-state index contributed by atoms with van der Waals surface area (Å²) in [5, 5.41) is 30.6. The van der Waals surface area contributed by atoms with Gasteiger partial charge in [-0.3, -0.25) is 9.59 Å². The molecule has 1 aromatic carbocycles. The van der Waals surface area contributed by atoms with Crippen molar-refractivity contribution in [1.29, 1.82) is 0 Å². The molecule has 192 valence electrons. The van der Waals surface area contributed by atoms with Gasteiger partial charge in [-0.2, -0.15) is 0 Å². The van der Waals surface area contributed by atoms with Crippen LogP contribution in [0.4, 0.5) is 0 Å². The molecule has 1 aliphatic carbocycles. The minimum Gasteiger partial charge on any atom is -0.496 e. The van der Waals surface area contributed by atoms with Gasteiger partial charge in [0.1, 0.15) is 30.2 Å². The molecule has 0 aromatic heterocycles. The van der Waals surface area contributed by atoms with Crippen LogP contribution in [0.2, 0.25) is 0 Å². The fourth-order valence-corrected chi connectivity index (χ4v) is 4.84. The number of Topliss-reactive ketones (excluding diaryl/α,β-unsaturated/α-hetero) is 1. The molecule has 1 aromatic rings. The quantitative estimate of drug-likeness (QED) is 0.369. The highest BCUT2D eigenvalue weighted by Gasteiger charge is 2.48. The zero-order valence-corrected chi connectivity index (χ0v) is 20.8.